The Morgan fingerprint density at radius 2 is 1.67 bits per heavy atom. The first-order valence-electron chi connectivity index (χ1n) is 10.3. The van der Waals surface area contributed by atoms with Crippen LogP contribution in [0.1, 0.15) is 72.1 Å². The van der Waals surface area contributed by atoms with Gasteiger partial charge in [-0.25, -0.2) is 4.79 Å². The van der Waals surface area contributed by atoms with Crippen LogP contribution in [-0.4, -0.2) is 54.1 Å². The van der Waals surface area contributed by atoms with Crippen molar-refractivity contribution in [2.24, 2.45) is 5.92 Å². The minimum atomic E-state index is -0.546. The summed E-state index contributed by atoms with van der Waals surface area (Å²) in [6.45, 7) is 7.07. The molecule has 2 aliphatic rings. The fourth-order valence-corrected chi connectivity index (χ4v) is 3.76. The molecule has 1 heterocycles. The molecule has 27 heavy (non-hydrogen) atoms. The summed E-state index contributed by atoms with van der Waals surface area (Å²) < 4.78 is 5.13. The molecular formula is C20H35N3O4. The molecule has 0 aromatic heterocycles. The van der Waals surface area contributed by atoms with Gasteiger partial charge in [0, 0.05) is 38.5 Å². The molecule has 1 saturated carbocycles. The molecule has 7 nitrogen and oxygen atoms in total. The van der Waals surface area contributed by atoms with Gasteiger partial charge in [0.1, 0.15) is 5.60 Å². The highest BCUT2D eigenvalue weighted by Gasteiger charge is 2.26. The van der Waals surface area contributed by atoms with E-state index in [9.17, 15) is 14.4 Å². The maximum absolute atomic E-state index is 12.4. The van der Waals surface area contributed by atoms with Gasteiger partial charge >= 0.3 is 6.09 Å². The number of piperidine rings is 1. The van der Waals surface area contributed by atoms with Crippen molar-refractivity contribution in [3.05, 3.63) is 0 Å². The second-order valence-corrected chi connectivity index (χ2v) is 8.76. The largest absolute Gasteiger partial charge is 0.444 e. The first kappa shape index (κ1) is 21.5. The van der Waals surface area contributed by atoms with Crippen LogP contribution in [0.3, 0.4) is 0 Å². The van der Waals surface area contributed by atoms with E-state index in [1.165, 1.54) is 25.7 Å². The average Bonchev–Trinajstić information content (AvgIpc) is 3.06. The number of rotatable bonds is 6. The third-order valence-corrected chi connectivity index (χ3v) is 5.17. The Bertz CT molecular complexity index is 516. The van der Waals surface area contributed by atoms with Crippen LogP contribution in [0.4, 0.5) is 4.79 Å². The fourth-order valence-electron chi connectivity index (χ4n) is 3.76. The van der Waals surface area contributed by atoms with E-state index in [-0.39, 0.29) is 30.8 Å². The summed E-state index contributed by atoms with van der Waals surface area (Å²) in [6, 6.07) is 0.106. The number of carbonyl (C=O) groups excluding carboxylic acids is 3. The lowest BCUT2D eigenvalue weighted by Gasteiger charge is -2.33. The number of hydrogen-bond acceptors (Lipinski definition) is 4. The van der Waals surface area contributed by atoms with Gasteiger partial charge in [-0.1, -0.05) is 12.8 Å². The summed E-state index contributed by atoms with van der Waals surface area (Å²) in [6.07, 6.45) is 6.88. The minimum absolute atomic E-state index is 0.0817. The van der Waals surface area contributed by atoms with Crippen molar-refractivity contribution in [1.82, 2.24) is 15.5 Å². The molecule has 1 aliphatic carbocycles. The van der Waals surface area contributed by atoms with E-state index < -0.39 is 11.7 Å². The molecule has 7 heteroatoms. The number of nitrogens with zero attached hydrogens (tertiary/aromatic N) is 1. The van der Waals surface area contributed by atoms with Crippen molar-refractivity contribution in [2.45, 2.75) is 83.8 Å². The van der Waals surface area contributed by atoms with Gasteiger partial charge in [-0.2, -0.15) is 0 Å². The van der Waals surface area contributed by atoms with E-state index in [0.29, 0.717) is 25.4 Å². The van der Waals surface area contributed by atoms with Gasteiger partial charge in [-0.3, -0.25) is 9.59 Å². The average molecular weight is 382 g/mol. The maximum Gasteiger partial charge on any atom is 0.407 e. The van der Waals surface area contributed by atoms with Gasteiger partial charge in [0.05, 0.1) is 0 Å². The first-order valence-corrected chi connectivity index (χ1v) is 10.3. The highest BCUT2D eigenvalue weighted by atomic mass is 16.6. The Morgan fingerprint density at radius 3 is 2.26 bits per heavy atom. The number of nitrogens with one attached hydrogen (secondary N) is 2. The Morgan fingerprint density at radius 1 is 1.04 bits per heavy atom. The van der Waals surface area contributed by atoms with Crippen molar-refractivity contribution < 1.29 is 19.1 Å². The van der Waals surface area contributed by atoms with E-state index in [1.54, 1.807) is 20.8 Å². The molecule has 1 saturated heterocycles. The standard InChI is InChI=1S/C20H35N3O4/c1-20(2,3)27-19(26)21-11-8-17(24)22-16-9-12-23(13-10-16)18(25)14-15-6-4-5-7-15/h15-16H,4-14H2,1-3H3,(H,21,26)(H,22,24). The smallest absolute Gasteiger partial charge is 0.407 e. The molecule has 154 valence electrons. The van der Waals surface area contributed by atoms with Crippen LogP contribution < -0.4 is 10.6 Å². The van der Waals surface area contributed by atoms with Crippen molar-refractivity contribution in [3.63, 3.8) is 0 Å². The van der Waals surface area contributed by atoms with E-state index in [4.69, 9.17) is 4.74 Å². The zero-order valence-electron chi connectivity index (χ0n) is 17.0. The van der Waals surface area contributed by atoms with Gasteiger partial charge in [-0.05, 0) is 52.4 Å². The van der Waals surface area contributed by atoms with Gasteiger partial charge in [0.2, 0.25) is 11.8 Å². The van der Waals surface area contributed by atoms with Crippen LogP contribution in [0.15, 0.2) is 0 Å². The summed E-state index contributed by atoms with van der Waals surface area (Å²) in [5.74, 6) is 0.766. The number of likely N-dealkylation sites (tertiary alicyclic amines) is 1. The van der Waals surface area contributed by atoms with E-state index in [1.807, 2.05) is 4.90 Å². The number of alkyl carbamates (subject to hydrolysis) is 1. The molecule has 2 N–H and O–H groups in total. The molecule has 0 aromatic rings. The molecule has 2 rings (SSSR count). The number of ether oxygens (including phenoxy) is 1. The van der Waals surface area contributed by atoms with Crippen LogP contribution >= 0.6 is 0 Å². The molecular weight excluding hydrogens is 346 g/mol. The van der Waals surface area contributed by atoms with Crippen LogP contribution in [0.2, 0.25) is 0 Å². The number of hydrogen-bond donors (Lipinski definition) is 2. The highest BCUT2D eigenvalue weighted by Crippen LogP contribution is 2.28. The summed E-state index contributed by atoms with van der Waals surface area (Å²) in [5, 5.41) is 5.59. The summed E-state index contributed by atoms with van der Waals surface area (Å²) >= 11 is 0. The Kier molecular flexibility index (Phi) is 7.92. The fraction of sp³-hybridized carbons (Fsp3) is 0.850. The number of carbonyl (C=O) groups is 3. The summed E-state index contributed by atoms with van der Waals surface area (Å²) in [7, 11) is 0. The zero-order chi connectivity index (χ0) is 19.9. The molecule has 0 spiro atoms. The quantitative estimate of drug-likeness (QED) is 0.740. The van der Waals surface area contributed by atoms with Gasteiger partial charge in [0.15, 0.2) is 0 Å². The SMILES string of the molecule is CC(C)(C)OC(=O)NCCC(=O)NC1CCN(C(=O)CC2CCCC2)CC1. The van der Waals surface area contributed by atoms with Crippen LogP contribution in [0.25, 0.3) is 0 Å². The Balaban J connectivity index is 1.58. The molecule has 0 bridgehead atoms. The lowest BCUT2D eigenvalue weighted by molar-refractivity contribution is -0.133. The van der Waals surface area contributed by atoms with E-state index >= 15 is 0 Å². The molecule has 3 amide bonds. The van der Waals surface area contributed by atoms with Gasteiger partial charge in [0.25, 0.3) is 0 Å². The third kappa shape index (κ3) is 8.18. The minimum Gasteiger partial charge on any atom is -0.444 e. The molecule has 2 fully saturated rings. The van der Waals surface area contributed by atoms with Gasteiger partial charge in [-0.15, -0.1) is 0 Å². The topological polar surface area (TPSA) is 87.7 Å². The molecule has 0 unspecified atom stereocenters. The van der Waals surface area contributed by atoms with Crippen molar-refractivity contribution >= 4 is 17.9 Å². The predicted octanol–water partition coefficient (Wildman–Crippen LogP) is 2.59. The zero-order valence-corrected chi connectivity index (χ0v) is 17.0. The highest BCUT2D eigenvalue weighted by molar-refractivity contribution is 5.78. The second-order valence-electron chi connectivity index (χ2n) is 8.76. The Hall–Kier alpha value is -1.79. The molecule has 0 radical (unpaired) electrons. The van der Waals surface area contributed by atoms with Crippen molar-refractivity contribution in [1.29, 1.82) is 0 Å². The first-order chi connectivity index (χ1) is 12.7. The lowest BCUT2D eigenvalue weighted by Crippen LogP contribution is -2.47. The third-order valence-electron chi connectivity index (χ3n) is 5.17. The lowest BCUT2D eigenvalue weighted by atomic mass is 10.0. The van der Waals surface area contributed by atoms with Crippen LogP contribution in [0, 0.1) is 5.92 Å². The number of amides is 3. The summed E-state index contributed by atoms with van der Waals surface area (Å²) in [4.78, 5) is 37.9. The monoisotopic (exact) mass is 381 g/mol. The van der Waals surface area contributed by atoms with E-state index in [0.717, 1.165) is 12.8 Å². The second kappa shape index (κ2) is 9.95. The van der Waals surface area contributed by atoms with Crippen LogP contribution in [0.5, 0.6) is 0 Å². The summed E-state index contributed by atoms with van der Waals surface area (Å²) in [5.41, 5.74) is -0.546. The van der Waals surface area contributed by atoms with Crippen LogP contribution in [-0.2, 0) is 14.3 Å². The van der Waals surface area contributed by atoms with Gasteiger partial charge < -0.3 is 20.3 Å². The normalized spacial score (nSPS) is 19.0. The maximum atomic E-state index is 12.4. The molecule has 0 aromatic carbocycles. The predicted molar refractivity (Wildman–Crippen MR) is 103 cm³/mol. The molecule has 0 atom stereocenters. The van der Waals surface area contributed by atoms with Crippen molar-refractivity contribution in [3.8, 4) is 0 Å². The molecule has 1 aliphatic heterocycles. The van der Waals surface area contributed by atoms with E-state index in [2.05, 4.69) is 10.6 Å². The Labute approximate surface area is 162 Å². The van der Waals surface area contributed by atoms with Crippen molar-refractivity contribution in [2.75, 3.05) is 19.6 Å².